The van der Waals surface area contributed by atoms with Crippen LogP contribution >= 0.6 is 11.3 Å². The number of thiazole rings is 1. The van der Waals surface area contributed by atoms with Crippen molar-refractivity contribution in [3.63, 3.8) is 0 Å². The second-order valence-electron chi connectivity index (χ2n) is 7.50. The monoisotopic (exact) mass is 481 g/mol. The minimum atomic E-state index is -3.63. The number of ether oxygens (including phenoxy) is 1. The zero-order chi connectivity index (χ0) is 23.4. The molecule has 0 aliphatic rings. The molecule has 2 aromatic heterocycles. The maximum atomic E-state index is 13.3. The predicted molar refractivity (Wildman–Crippen MR) is 129 cm³/mol. The topological polar surface area (TPSA) is 89.5 Å². The average Bonchev–Trinajstić information content (AvgIpc) is 3.27. The van der Waals surface area contributed by atoms with Crippen molar-refractivity contribution in [1.29, 1.82) is 0 Å². The number of pyridine rings is 1. The summed E-state index contributed by atoms with van der Waals surface area (Å²) in [5, 5.41) is 0.544. The molecular formula is C24H23N3O4S2. The smallest absolute Gasteiger partial charge is 0.230 e. The van der Waals surface area contributed by atoms with Crippen LogP contribution in [-0.2, 0) is 21.2 Å². The summed E-state index contributed by atoms with van der Waals surface area (Å²) in [6.45, 7) is 2.26. The van der Waals surface area contributed by atoms with Gasteiger partial charge in [0, 0.05) is 18.8 Å². The minimum absolute atomic E-state index is 0.158. The molecule has 4 aromatic rings. The van der Waals surface area contributed by atoms with Gasteiger partial charge in [0.1, 0.15) is 5.75 Å². The number of nitrogens with zero attached hydrogens (tertiary/aromatic N) is 3. The third kappa shape index (κ3) is 5.20. The molecule has 2 heterocycles. The van der Waals surface area contributed by atoms with Crippen LogP contribution in [0.5, 0.6) is 5.75 Å². The number of benzene rings is 2. The fourth-order valence-electron chi connectivity index (χ4n) is 3.38. The Morgan fingerprint density at radius 2 is 1.79 bits per heavy atom. The highest BCUT2D eigenvalue weighted by Gasteiger charge is 2.24. The van der Waals surface area contributed by atoms with Gasteiger partial charge in [-0.05, 0) is 60.5 Å². The van der Waals surface area contributed by atoms with Gasteiger partial charge in [0.25, 0.3) is 0 Å². The maximum absolute atomic E-state index is 13.3. The highest BCUT2D eigenvalue weighted by Crippen LogP contribution is 2.32. The molecule has 1 amide bonds. The van der Waals surface area contributed by atoms with Gasteiger partial charge in [-0.15, -0.1) is 0 Å². The fourth-order valence-corrected chi connectivity index (χ4v) is 5.67. The number of fused-ring (bicyclic) bond motifs is 1. The lowest BCUT2D eigenvalue weighted by Gasteiger charge is -2.20. The van der Waals surface area contributed by atoms with Crippen molar-refractivity contribution in [3.8, 4) is 5.75 Å². The Kier molecular flexibility index (Phi) is 6.71. The highest BCUT2D eigenvalue weighted by atomic mass is 32.2. The lowest BCUT2D eigenvalue weighted by Crippen LogP contribution is -2.31. The number of carbonyl (C=O) groups is 1. The van der Waals surface area contributed by atoms with E-state index in [-0.39, 0.29) is 29.5 Å². The molecule has 9 heteroatoms. The quantitative estimate of drug-likeness (QED) is 0.370. The molecular weight excluding hydrogens is 458 g/mol. The molecule has 7 nitrogen and oxygen atoms in total. The molecule has 170 valence electrons. The third-order valence-corrected chi connectivity index (χ3v) is 8.01. The molecule has 0 aliphatic carbocycles. The van der Waals surface area contributed by atoms with E-state index >= 15 is 0 Å². The normalized spacial score (nSPS) is 11.5. The molecule has 0 bridgehead atoms. The molecule has 0 N–H and O–H groups in total. The van der Waals surface area contributed by atoms with Gasteiger partial charge < -0.3 is 4.74 Å². The van der Waals surface area contributed by atoms with E-state index in [1.807, 2.05) is 37.3 Å². The summed E-state index contributed by atoms with van der Waals surface area (Å²) in [4.78, 5) is 23.7. The van der Waals surface area contributed by atoms with Crippen LogP contribution in [0.2, 0.25) is 0 Å². The summed E-state index contributed by atoms with van der Waals surface area (Å²) in [6, 6.07) is 15.7. The van der Waals surface area contributed by atoms with Gasteiger partial charge in [0.05, 0.1) is 34.5 Å². The molecule has 0 spiro atoms. The Labute approximate surface area is 196 Å². The number of methoxy groups -OCH3 is 1. The van der Waals surface area contributed by atoms with Gasteiger partial charge in [-0.3, -0.25) is 14.7 Å². The van der Waals surface area contributed by atoms with E-state index in [0.29, 0.717) is 10.9 Å². The molecule has 0 saturated heterocycles. The Morgan fingerprint density at radius 1 is 1.06 bits per heavy atom. The van der Waals surface area contributed by atoms with Gasteiger partial charge in [-0.1, -0.05) is 23.5 Å². The Balaban J connectivity index is 1.59. The van der Waals surface area contributed by atoms with Crippen molar-refractivity contribution in [2.75, 3.05) is 17.8 Å². The van der Waals surface area contributed by atoms with E-state index in [0.717, 1.165) is 21.3 Å². The molecule has 2 aromatic carbocycles. The van der Waals surface area contributed by atoms with Crippen LogP contribution in [-0.4, -0.2) is 37.2 Å². The van der Waals surface area contributed by atoms with E-state index < -0.39 is 9.84 Å². The summed E-state index contributed by atoms with van der Waals surface area (Å²) in [5.41, 5.74) is 2.75. The van der Waals surface area contributed by atoms with Crippen LogP contribution in [0.1, 0.15) is 17.5 Å². The second-order valence-corrected chi connectivity index (χ2v) is 10.6. The molecule has 0 saturated carbocycles. The van der Waals surface area contributed by atoms with E-state index in [4.69, 9.17) is 9.72 Å². The Bertz CT molecular complexity index is 1370. The van der Waals surface area contributed by atoms with Gasteiger partial charge in [-0.2, -0.15) is 0 Å². The first-order valence-corrected chi connectivity index (χ1v) is 12.8. The van der Waals surface area contributed by atoms with Crippen molar-refractivity contribution in [3.05, 3.63) is 78.1 Å². The van der Waals surface area contributed by atoms with Crippen LogP contribution in [0.15, 0.2) is 71.9 Å². The summed E-state index contributed by atoms with van der Waals surface area (Å²) in [6.07, 6.45) is 3.16. The highest BCUT2D eigenvalue weighted by molar-refractivity contribution is 7.91. The fraction of sp³-hybridized carbons (Fsp3) is 0.208. The number of hydrogen-bond donors (Lipinski definition) is 0. The number of hydrogen-bond acceptors (Lipinski definition) is 7. The van der Waals surface area contributed by atoms with Crippen molar-refractivity contribution >= 4 is 42.4 Å². The van der Waals surface area contributed by atoms with E-state index in [1.165, 1.54) is 30.6 Å². The lowest BCUT2D eigenvalue weighted by molar-refractivity contribution is -0.118. The Morgan fingerprint density at radius 3 is 2.45 bits per heavy atom. The van der Waals surface area contributed by atoms with Crippen molar-refractivity contribution in [2.24, 2.45) is 0 Å². The molecule has 0 atom stereocenters. The summed E-state index contributed by atoms with van der Waals surface area (Å²) in [5.74, 6) is -0.0325. The minimum Gasteiger partial charge on any atom is -0.497 e. The molecule has 0 fully saturated rings. The summed E-state index contributed by atoms with van der Waals surface area (Å²) in [7, 11) is -2.11. The molecule has 33 heavy (non-hydrogen) atoms. The number of carbonyl (C=O) groups excluding carboxylic acids is 1. The van der Waals surface area contributed by atoms with Crippen molar-refractivity contribution in [2.45, 2.75) is 24.8 Å². The number of anilines is 1. The van der Waals surface area contributed by atoms with E-state index in [9.17, 15) is 13.2 Å². The largest absolute Gasteiger partial charge is 0.497 e. The zero-order valence-electron chi connectivity index (χ0n) is 18.3. The van der Waals surface area contributed by atoms with Crippen LogP contribution < -0.4 is 9.64 Å². The van der Waals surface area contributed by atoms with Gasteiger partial charge in [-0.25, -0.2) is 13.4 Å². The van der Waals surface area contributed by atoms with Gasteiger partial charge >= 0.3 is 0 Å². The van der Waals surface area contributed by atoms with Crippen molar-refractivity contribution < 1.29 is 17.9 Å². The van der Waals surface area contributed by atoms with E-state index in [2.05, 4.69) is 4.98 Å². The van der Waals surface area contributed by atoms with Crippen LogP contribution in [0.25, 0.3) is 10.2 Å². The predicted octanol–water partition coefficient (Wildman–Crippen LogP) is 4.41. The average molecular weight is 482 g/mol. The molecule has 0 radical (unpaired) electrons. The first kappa shape index (κ1) is 22.9. The first-order chi connectivity index (χ1) is 15.9. The van der Waals surface area contributed by atoms with Gasteiger partial charge in [0.2, 0.25) is 5.91 Å². The van der Waals surface area contributed by atoms with Gasteiger partial charge in [0.15, 0.2) is 15.0 Å². The Hall–Kier alpha value is -3.30. The van der Waals surface area contributed by atoms with Crippen LogP contribution in [0.3, 0.4) is 0 Å². The molecule has 4 rings (SSSR count). The first-order valence-electron chi connectivity index (χ1n) is 10.3. The van der Waals surface area contributed by atoms with Crippen molar-refractivity contribution in [1.82, 2.24) is 9.97 Å². The molecule has 0 unspecified atom stereocenters. The zero-order valence-corrected chi connectivity index (χ0v) is 19.9. The number of rotatable bonds is 8. The third-order valence-electron chi connectivity index (χ3n) is 5.23. The second kappa shape index (κ2) is 9.68. The molecule has 0 aliphatic heterocycles. The lowest BCUT2D eigenvalue weighted by atomic mass is 10.2. The van der Waals surface area contributed by atoms with E-state index in [1.54, 1.807) is 29.4 Å². The van der Waals surface area contributed by atoms with Crippen LogP contribution in [0.4, 0.5) is 5.13 Å². The number of aromatic nitrogens is 2. The summed E-state index contributed by atoms with van der Waals surface area (Å²) < 4.78 is 31.7. The number of sulfone groups is 1. The van der Waals surface area contributed by atoms with Crippen LogP contribution in [0, 0.1) is 6.92 Å². The standard InChI is InChI=1S/C24H23N3O4S2/c1-17-4-3-5-21-23(17)26-24(32-21)27(16-18-10-13-25-14-11-18)22(28)12-15-33(29,30)20-8-6-19(31-2)7-9-20/h3-11,13-14H,12,15-16H2,1-2H3. The summed E-state index contributed by atoms with van der Waals surface area (Å²) >= 11 is 1.42. The number of amides is 1. The maximum Gasteiger partial charge on any atom is 0.230 e. The number of para-hydroxylation sites is 1. The number of aryl methyl sites for hydroxylation is 1. The SMILES string of the molecule is COc1ccc(S(=O)(=O)CCC(=O)N(Cc2ccncc2)c2nc3c(C)cccc3s2)cc1.